The Morgan fingerprint density at radius 1 is 1.16 bits per heavy atom. The van der Waals surface area contributed by atoms with Crippen molar-refractivity contribution in [3.63, 3.8) is 0 Å². The number of carbonyl (C=O) groups is 2. The van der Waals surface area contributed by atoms with E-state index in [2.05, 4.69) is 30.9 Å². The summed E-state index contributed by atoms with van der Waals surface area (Å²) in [6.45, 7) is 5.89. The van der Waals surface area contributed by atoms with Crippen LogP contribution in [-0.2, 0) is 19.6 Å². The first kappa shape index (κ1) is 26.4. The zero-order chi connectivity index (χ0) is 26.7. The highest BCUT2D eigenvalue weighted by atomic mass is 32.2. The fourth-order valence-corrected chi connectivity index (χ4v) is 5.46. The van der Waals surface area contributed by atoms with Crippen LogP contribution in [0.4, 0.5) is 16.3 Å². The number of fused-ring (bicyclic) bond motifs is 1. The number of urea groups is 1. The van der Waals surface area contributed by atoms with Crippen molar-refractivity contribution in [3.8, 4) is 0 Å². The molecule has 3 heterocycles. The van der Waals surface area contributed by atoms with Gasteiger partial charge in [0.05, 0.1) is 12.0 Å². The predicted octanol–water partition coefficient (Wildman–Crippen LogP) is 2.31. The van der Waals surface area contributed by atoms with Crippen LogP contribution in [0.3, 0.4) is 0 Å². The molecule has 1 saturated heterocycles. The lowest BCUT2D eigenvalue weighted by atomic mass is 10.2. The minimum absolute atomic E-state index is 0.0292. The molecule has 1 aliphatic heterocycles. The summed E-state index contributed by atoms with van der Waals surface area (Å²) >= 11 is 0. The Morgan fingerprint density at radius 2 is 1.92 bits per heavy atom. The van der Waals surface area contributed by atoms with E-state index in [9.17, 15) is 18.0 Å². The summed E-state index contributed by atoms with van der Waals surface area (Å²) in [5, 5.41) is 7.97. The first-order valence-electron chi connectivity index (χ1n) is 11.9. The van der Waals surface area contributed by atoms with Crippen LogP contribution < -0.4 is 16.0 Å². The number of imidazole rings is 1. The highest BCUT2D eigenvalue weighted by Gasteiger charge is 2.33. The SMILES string of the molecule is CCNC(=O)[C@@H]1CC[C@H](n2cnc3c(NC(=O)Nc4ccccc4S(=O)(=O)N(C)C(C)C)ncnc32)O1. The van der Waals surface area contributed by atoms with Gasteiger partial charge in [-0.1, -0.05) is 12.1 Å². The second-order valence-electron chi connectivity index (χ2n) is 8.79. The second kappa shape index (κ2) is 10.8. The summed E-state index contributed by atoms with van der Waals surface area (Å²) in [5.41, 5.74) is 0.871. The number of benzene rings is 1. The van der Waals surface area contributed by atoms with Gasteiger partial charge in [0, 0.05) is 19.6 Å². The Balaban J connectivity index is 1.53. The fraction of sp³-hybridized carbons (Fsp3) is 0.435. The molecule has 2 aromatic heterocycles. The molecular weight excluding hydrogens is 500 g/mol. The molecule has 1 aliphatic rings. The van der Waals surface area contributed by atoms with Gasteiger partial charge in [-0.25, -0.2) is 28.2 Å². The smallest absolute Gasteiger partial charge is 0.324 e. The number of nitrogens with zero attached hydrogens (tertiary/aromatic N) is 5. The molecule has 13 nitrogen and oxygen atoms in total. The van der Waals surface area contributed by atoms with Crippen LogP contribution in [0.5, 0.6) is 0 Å². The Hall–Kier alpha value is -3.62. The number of sulfonamides is 1. The number of aromatic nitrogens is 4. The molecule has 0 radical (unpaired) electrons. The fourth-order valence-electron chi connectivity index (χ4n) is 3.95. The van der Waals surface area contributed by atoms with Crippen molar-refractivity contribution in [3.05, 3.63) is 36.9 Å². The molecule has 0 spiro atoms. The molecule has 198 valence electrons. The highest BCUT2D eigenvalue weighted by molar-refractivity contribution is 7.89. The van der Waals surface area contributed by atoms with Crippen molar-refractivity contribution in [1.29, 1.82) is 0 Å². The summed E-state index contributed by atoms with van der Waals surface area (Å²) in [5.74, 6) is -0.0240. The minimum atomic E-state index is -3.84. The van der Waals surface area contributed by atoms with Gasteiger partial charge in [-0.3, -0.25) is 14.7 Å². The lowest BCUT2D eigenvalue weighted by Crippen LogP contribution is -2.34. The lowest BCUT2D eigenvalue weighted by molar-refractivity contribution is -0.133. The Morgan fingerprint density at radius 3 is 2.65 bits per heavy atom. The number of hydrogen-bond donors (Lipinski definition) is 3. The quantitative estimate of drug-likeness (QED) is 0.400. The van der Waals surface area contributed by atoms with Crippen molar-refractivity contribution in [2.24, 2.45) is 0 Å². The zero-order valence-corrected chi connectivity index (χ0v) is 21.8. The second-order valence-corrected chi connectivity index (χ2v) is 10.8. The third-order valence-corrected chi connectivity index (χ3v) is 8.15. The lowest BCUT2D eigenvalue weighted by Gasteiger charge is -2.22. The van der Waals surface area contributed by atoms with Gasteiger partial charge >= 0.3 is 6.03 Å². The summed E-state index contributed by atoms with van der Waals surface area (Å²) in [6.07, 6.45) is 2.96. The van der Waals surface area contributed by atoms with Gasteiger partial charge < -0.3 is 15.4 Å². The first-order chi connectivity index (χ1) is 17.6. The number of hydrogen-bond acceptors (Lipinski definition) is 8. The molecule has 4 rings (SSSR count). The largest absolute Gasteiger partial charge is 0.354 e. The van der Waals surface area contributed by atoms with E-state index in [1.54, 1.807) is 30.5 Å². The number of amides is 3. The average Bonchev–Trinajstić information content (AvgIpc) is 3.52. The van der Waals surface area contributed by atoms with E-state index in [0.29, 0.717) is 30.6 Å². The van der Waals surface area contributed by atoms with E-state index in [1.165, 1.54) is 36.1 Å². The number of likely N-dealkylation sites (N-methyl/N-ethyl adjacent to an activating group) is 1. The van der Waals surface area contributed by atoms with Crippen molar-refractivity contribution in [2.45, 2.75) is 56.9 Å². The molecule has 37 heavy (non-hydrogen) atoms. The third-order valence-electron chi connectivity index (χ3n) is 6.06. The molecule has 3 N–H and O–H groups in total. The maximum Gasteiger partial charge on any atom is 0.324 e. The van der Waals surface area contributed by atoms with Crippen LogP contribution in [-0.4, -0.2) is 69.9 Å². The first-order valence-corrected chi connectivity index (χ1v) is 13.3. The van der Waals surface area contributed by atoms with Crippen LogP contribution in [0.15, 0.2) is 41.8 Å². The molecule has 0 aliphatic carbocycles. The topological polar surface area (TPSA) is 160 Å². The van der Waals surface area contributed by atoms with E-state index in [0.717, 1.165) is 0 Å². The third kappa shape index (κ3) is 5.40. The van der Waals surface area contributed by atoms with Gasteiger partial charge in [0.2, 0.25) is 15.9 Å². The monoisotopic (exact) mass is 530 g/mol. The van der Waals surface area contributed by atoms with E-state index >= 15 is 0 Å². The van der Waals surface area contributed by atoms with E-state index in [-0.39, 0.29) is 28.3 Å². The summed E-state index contributed by atoms with van der Waals surface area (Å²) in [4.78, 5) is 37.7. The highest BCUT2D eigenvalue weighted by Crippen LogP contribution is 2.31. The molecule has 0 unspecified atom stereocenters. The number of nitrogens with one attached hydrogen (secondary N) is 3. The van der Waals surface area contributed by atoms with Crippen LogP contribution in [0.1, 0.15) is 39.8 Å². The predicted molar refractivity (Wildman–Crippen MR) is 136 cm³/mol. The maximum absolute atomic E-state index is 13.0. The molecule has 3 amide bonds. The molecule has 1 aromatic carbocycles. The van der Waals surface area contributed by atoms with Gasteiger partial charge in [0.25, 0.3) is 0 Å². The Bertz CT molecular complexity index is 1410. The number of para-hydroxylation sites is 1. The Kier molecular flexibility index (Phi) is 7.71. The van der Waals surface area contributed by atoms with Crippen molar-refractivity contribution in [1.82, 2.24) is 29.1 Å². The van der Waals surface area contributed by atoms with Gasteiger partial charge in [-0.15, -0.1) is 0 Å². The number of rotatable bonds is 8. The molecule has 2 atom stereocenters. The zero-order valence-electron chi connectivity index (χ0n) is 21.0. The molecule has 14 heteroatoms. The Labute approximate surface area is 214 Å². The summed E-state index contributed by atoms with van der Waals surface area (Å²) in [7, 11) is -2.35. The van der Waals surface area contributed by atoms with E-state index < -0.39 is 28.4 Å². The van der Waals surface area contributed by atoms with Crippen LogP contribution >= 0.6 is 0 Å². The molecule has 0 saturated carbocycles. The number of ether oxygens (including phenoxy) is 1. The minimum Gasteiger partial charge on any atom is -0.354 e. The van der Waals surface area contributed by atoms with Gasteiger partial charge in [0.15, 0.2) is 17.0 Å². The van der Waals surface area contributed by atoms with Gasteiger partial charge in [0.1, 0.15) is 23.6 Å². The molecular formula is C23H30N8O5S. The number of anilines is 2. The van der Waals surface area contributed by atoms with Crippen molar-refractivity contribution in [2.75, 3.05) is 24.2 Å². The van der Waals surface area contributed by atoms with Crippen LogP contribution in [0.2, 0.25) is 0 Å². The van der Waals surface area contributed by atoms with Crippen LogP contribution in [0, 0.1) is 0 Å². The molecule has 0 bridgehead atoms. The molecule has 3 aromatic rings. The normalized spacial score (nSPS) is 17.9. The van der Waals surface area contributed by atoms with Gasteiger partial charge in [-0.2, -0.15) is 4.31 Å². The molecule has 1 fully saturated rings. The van der Waals surface area contributed by atoms with Crippen LogP contribution in [0.25, 0.3) is 11.2 Å². The average molecular weight is 531 g/mol. The van der Waals surface area contributed by atoms with Crippen molar-refractivity contribution >= 4 is 44.6 Å². The number of carbonyl (C=O) groups excluding carboxylic acids is 2. The van der Waals surface area contributed by atoms with Gasteiger partial charge in [-0.05, 0) is 45.7 Å². The van der Waals surface area contributed by atoms with Crippen molar-refractivity contribution < 1.29 is 22.7 Å². The van der Waals surface area contributed by atoms with E-state index in [4.69, 9.17) is 4.74 Å². The van der Waals surface area contributed by atoms with E-state index in [1.807, 2.05) is 6.92 Å². The summed E-state index contributed by atoms with van der Waals surface area (Å²) < 4.78 is 34.9. The maximum atomic E-state index is 13.0. The standard InChI is InChI=1S/C23H30N8O5S/c1-5-24-22(32)16-10-11-18(36-16)31-13-27-19-20(25-12-26-21(19)31)29-23(33)28-15-8-6-7-9-17(15)37(34,35)30(4)14(2)3/h6-9,12-14,16,18H,5,10-11H2,1-4H3,(H,24,32)(H2,25,26,28,29,33)/t16-,18+/m0/s1. The summed E-state index contributed by atoms with van der Waals surface area (Å²) in [6, 6.07) is 5.20.